The first-order chi connectivity index (χ1) is 10.2. The lowest BCUT2D eigenvalue weighted by atomic mass is 10.1. The van der Waals surface area contributed by atoms with Crippen molar-refractivity contribution in [3.05, 3.63) is 28.0 Å². The highest BCUT2D eigenvalue weighted by atomic mass is 32.1. The fourth-order valence-electron chi connectivity index (χ4n) is 2.33. The molecule has 0 atom stereocenters. The number of hydrogen-bond acceptors (Lipinski definition) is 6. The minimum atomic E-state index is 0.767. The topological polar surface area (TPSA) is 53.9 Å². The summed E-state index contributed by atoms with van der Waals surface area (Å²) in [6.07, 6.45) is 3.68. The summed E-state index contributed by atoms with van der Waals surface area (Å²) in [7, 11) is 2.06. The maximum atomic E-state index is 4.53. The third-order valence-corrected chi connectivity index (χ3v) is 4.02. The monoisotopic (exact) mass is 305 g/mol. The molecule has 2 aromatic rings. The Kier molecular flexibility index (Phi) is 5.50. The number of rotatable bonds is 7. The predicted molar refractivity (Wildman–Crippen MR) is 89.1 cm³/mol. The highest BCUT2D eigenvalue weighted by Gasteiger charge is 2.15. The third-order valence-electron chi connectivity index (χ3n) is 3.19. The van der Waals surface area contributed by atoms with Crippen LogP contribution < -0.4 is 10.2 Å². The molecule has 2 rings (SSSR count). The van der Waals surface area contributed by atoms with Gasteiger partial charge in [-0.3, -0.25) is 0 Å². The van der Waals surface area contributed by atoms with Gasteiger partial charge < -0.3 is 10.2 Å². The number of aryl methyl sites for hydroxylation is 1. The fourth-order valence-corrected chi connectivity index (χ4v) is 2.93. The van der Waals surface area contributed by atoms with Crippen LogP contribution in [0, 0.1) is 6.92 Å². The van der Waals surface area contributed by atoms with Crippen molar-refractivity contribution >= 4 is 23.0 Å². The van der Waals surface area contributed by atoms with Crippen LogP contribution in [0.3, 0.4) is 0 Å². The first-order valence-corrected chi connectivity index (χ1v) is 8.23. The van der Waals surface area contributed by atoms with Crippen LogP contribution in [0.2, 0.25) is 0 Å². The van der Waals surface area contributed by atoms with E-state index in [1.165, 1.54) is 5.56 Å². The second-order valence-electron chi connectivity index (χ2n) is 5.02. The van der Waals surface area contributed by atoms with Gasteiger partial charge in [0.1, 0.15) is 18.0 Å². The molecule has 0 radical (unpaired) electrons. The Hall–Kier alpha value is -1.69. The number of anilines is 2. The second kappa shape index (κ2) is 7.36. The van der Waals surface area contributed by atoms with E-state index in [0.717, 1.165) is 48.3 Å². The summed E-state index contributed by atoms with van der Waals surface area (Å²) in [5.41, 5.74) is 2.28. The van der Waals surface area contributed by atoms with Crippen molar-refractivity contribution in [2.45, 2.75) is 40.2 Å². The van der Waals surface area contributed by atoms with Crippen molar-refractivity contribution < 1.29 is 0 Å². The normalized spacial score (nSPS) is 10.7. The number of hydrogen-bond donors (Lipinski definition) is 1. The molecule has 0 bridgehead atoms. The second-order valence-corrected chi connectivity index (χ2v) is 6.08. The molecule has 0 fully saturated rings. The van der Waals surface area contributed by atoms with Gasteiger partial charge in [0.25, 0.3) is 0 Å². The molecule has 0 aliphatic carbocycles. The van der Waals surface area contributed by atoms with Gasteiger partial charge in [0.2, 0.25) is 0 Å². The van der Waals surface area contributed by atoms with E-state index in [1.54, 1.807) is 17.7 Å². The first kappa shape index (κ1) is 15.7. The molecule has 2 heterocycles. The standard InChI is InChI=1S/C15H23N5S/c1-5-7-13-14(16-6-2)17-10-18-15(13)20(4)8-12-9-21-11(3)19-12/h9-10H,5-8H2,1-4H3,(H,16,17,18). The summed E-state index contributed by atoms with van der Waals surface area (Å²) in [6.45, 7) is 7.92. The molecule has 0 saturated heterocycles. The predicted octanol–water partition coefficient (Wildman–Crippen LogP) is 3.26. The van der Waals surface area contributed by atoms with Crippen LogP contribution in [0.5, 0.6) is 0 Å². The molecule has 2 aromatic heterocycles. The van der Waals surface area contributed by atoms with E-state index in [2.05, 4.69) is 51.4 Å². The SMILES string of the molecule is CCCc1c(NCC)ncnc1N(C)Cc1csc(C)n1. The van der Waals surface area contributed by atoms with Crippen LogP contribution in [0.1, 0.15) is 36.5 Å². The summed E-state index contributed by atoms with van der Waals surface area (Å²) >= 11 is 1.68. The summed E-state index contributed by atoms with van der Waals surface area (Å²) in [4.78, 5) is 15.6. The Balaban J connectivity index is 2.26. The molecule has 0 unspecified atom stereocenters. The Morgan fingerprint density at radius 2 is 2.10 bits per heavy atom. The molecule has 21 heavy (non-hydrogen) atoms. The molecule has 0 aliphatic heterocycles. The summed E-state index contributed by atoms with van der Waals surface area (Å²) < 4.78 is 0. The molecule has 5 nitrogen and oxygen atoms in total. The zero-order valence-electron chi connectivity index (χ0n) is 13.2. The van der Waals surface area contributed by atoms with Gasteiger partial charge in [0.05, 0.1) is 17.2 Å². The van der Waals surface area contributed by atoms with Crippen molar-refractivity contribution in [1.29, 1.82) is 0 Å². The third kappa shape index (κ3) is 3.91. The summed E-state index contributed by atoms with van der Waals surface area (Å²) in [5.74, 6) is 1.94. The minimum absolute atomic E-state index is 0.767. The zero-order valence-corrected chi connectivity index (χ0v) is 14.0. The Labute approximate surface area is 130 Å². The molecule has 0 aliphatic rings. The largest absolute Gasteiger partial charge is 0.370 e. The number of aromatic nitrogens is 3. The molecule has 1 N–H and O–H groups in total. The van der Waals surface area contributed by atoms with E-state index in [-0.39, 0.29) is 0 Å². The van der Waals surface area contributed by atoms with Gasteiger partial charge in [-0.2, -0.15) is 0 Å². The van der Waals surface area contributed by atoms with Crippen molar-refractivity contribution in [3.8, 4) is 0 Å². The van der Waals surface area contributed by atoms with E-state index in [1.807, 2.05) is 6.92 Å². The minimum Gasteiger partial charge on any atom is -0.370 e. The highest BCUT2D eigenvalue weighted by molar-refractivity contribution is 7.09. The van der Waals surface area contributed by atoms with E-state index >= 15 is 0 Å². The van der Waals surface area contributed by atoms with E-state index in [4.69, 9.17) is 0 Å². The van der Waals surface area contributed by atoms with Gasteiger partial charge in [-0.1, -0.05) is 13.3 Å². The van der Waals surface area contributed by atoms with Gasteiger partial charge in [-0.05, 0) is 20.3 Å². The molecule has 0 saturated carbocycles. The van der Waals surface area contributed by atoms with Crippen molar-refractivity contribution in [1.82, 2.24) is 15.0 Å². The summed E-state index contributed by atoms with van der Waals surface area (Å²) in [5, 5.41) is 6.54. The molecule has 0 amide bonds. The first-order valence-electron chi connectivity index (χ1n) is 7.35. The van der Waals surface area contributed by atoms with Crippen LogP contribution in [0.25, 0.3) is 0 Å². The molecule has 6 heteroatoms. The maximum Gasteiger partial charge on any atom is 0.137 e. The number of nitrogens with one attached hydrogen (secondary N) is 1. The lowest BCUT2D eigenvalue weighted by Gasteiger charge is -2.21. The van der Waals surface area contributed by atoms with Gasteiger partial charge in [-0.25, -0.2) is 15.0 Å². The van der Waals surface area contributed by atoms with Crippen molar-refractivity contribution in [3.63, 3.8) is 0 Å². The average Bonchev–Trinajstić information content (AvgIpc) is 2.86. The molecule has 0 spiro atoms. The molecule has 114 valence electrons. The lowest BCUT2D eigenvalue weighted by Crippen LogP contribution is -2.21. The van der Waals surface area contributed by atoms with Crippen molar-refractivity contribution in [2.24, 2.45) is 0 Å². The van der Waals surface area contributed by atoms with Crippen LogP contribution in [-0.4, -0.2) is 28.5 Å². The van der Waals surface area contributed by atoms with Gasteiger partial charge >= 0.3 is 0 Å². The van der Waals surface area contributed by atoms with Gasteiger partial charge in [0.15, 0.2) is 0 Å². The Bertz CT molecular complexity index is 581. The van der Waals surface area contributed by atoms with Gasteiger partial charge in [-0.15, -0.1) is 11.3 Å². The smallest absolute Gasteiger partial charge is 0.137 e. The highest BCUT2D eigenvalue weighted by Crippen LogP contribution is 2.25. The molecular weight excluding hydrogens is 282 g/mol. The van der Waals surface area contributed by atoms with Gasteiger partial charge in [0, 0.05) is 24.5 Å². The van der Waals surface area contributed by atoms with Crippen LogP contribution in [-0.2, 0) is 13.0 Å². The average molecular weight is 305 g/mol. The number of nitrogens with zero attached hydrogens (tertiary/aromatic N) is 4. The Morgan fingerprint density at radius 3 is 2.71 bits per heavy atom. The quantitative estimate of drug-likeness (QED) is 0.851. The molecular formula is C15H23N5S. The zero-order chi connectivity index (χ0) is 15.2. The summed E-state index contributed by atoms with van der Waals surface area (Å²) in [6, 6.07) is 0. The van der Waals surface area contributed by atoms with E-state index < -0.39 is 0 Å². The van der Waals surface area contributed by atoms with E-state index in [0.29, 0.717) is 0 Å². The lowest BCUT2D eigenvalue weighted by molar-refractivity contribution is 0.829. The Morgan fingerprint density at radius 1 is 1.29 bits per heavy atom. The number of thiazole rings is 1. The van der Waals surface area contributed by atoms with Crippen LogP contribution in [0.4, 0.5) is 11.6 Å². The fraction of sp³-hybridized carbons (Fsp3) is 0.533. The molecule has 0 aromatic carbocycles. The maximum absolute atomic E-state index is 4.53. The van der Waals surface area contributed by atoms with Crippen LogP contribution >= 0.6 is 11.3 Å². The van der Waals surface area contributed by atoms with Crippen LogP contribution in [0.15, 0.2) is 11.7 Å². The van der Waals surface area contributed by atoms with Crippen molar-refractivity contribution in [2.75, 3.05) is 23.8 Å². The van der Waals surface area contributed by atoms with E-state index in [9.17, 15) is 0 Å².